The smallest absolute Gasteiger partial charge is 0.409 e. The summed E-state index contributed by atoms with van der Waals surface area (Å²) in [7, 11) is 0. The molecule has 0 atom stereocenters. The van der Waals surface area contributed by atoms with Crippen LogP contribution in [0, 0.1) is 0 Å². The third-order valence-corrected chi connectivity index (χ3v) is 1.12. The Balaban J connectivity index is 2.81. The second-order valence-corrected chi connectivity index (χ2v) is 2.09. The molecule has 0 radical (unpaired) electrons. The number of nitrogens with two attached hydrogens (primary N) is 1. The summed E-state index contributed by atoms with van der Waals surface area (Å²) in [4.78, 5) is 27.7. The minimum atomic E-state index is -1.23. The van der Waals surface area contributed by atoms with Crippen molar-refractivity contribution in [3.05, 3.63) is 18.2 Å². The molecule has 1 heterocycles. The molecule has 0 saturated heterocycles. The lowest BCUT2D eigenvalue weighted by Gasteiger charge is -1.98. The highest BCUT2D eigenvalue weighted by Gasteiger charge is 2.04. The number of primary amides is 1. The number of rotatable bonds is 2. The molecule has 0 fully saturated rings. The van der Waals surface area contributed by atoms with Gasteiger partial charge in [-0.15, -0.1) is 0 Å². The zero-order valence-electron chi connectivity index (χ0n) is 6.39. The van der Waals surface area contributed by atoms with E-state index in [1.807, 2.05) is 5.32 Å². The summed E-state index contributed by atoms with van der Waals surface area (Å²) in [5.41, 5.74) is 5.04. The van der Waals surface area contributed by atoms with Crippen molar-refractivity contribution in [2.75, 3.05) is 5.32 Å². The summed E-state index contributed by atoms with van der Waals surface area (Å²) < 4.78 is 0. The number of nitrogens with one attached hydrogen (secondary N) is 1. The molecule has 0 unspecified atom stereocenters. The summed E-state index contributed by atoms with van der Waals surface area (Å²) in [5.74, 6) is -0.919. The molecule has 1 aromatic heterocycles. The molecule has 1 rings (SSSR count). The van der Waals surface area contributed by atoms with E-state index in [4.69, 9.17) is 10.8 Å². The molecule has 0 aliphatic rings. The van der Waals surface area contributed by atoms with Gasteiger partial charge in [0.25, 0.3) is 5.91 Å². The molecular weight excluding hydrogens is 176 g/mol. The van der Waals surface area contributed by atoms with Gasteiger partial charge in [0.1, 0.15) is 0 Å². The first-order chi connectivity index (χ1) is 6.09. The van der Waals surface area contributed by atoms with E-state index in [0.717, 1.165) is 12.4 Å². The molecular formula is C6H6N4O3. The number of carbonyl (C=O) groups is 2. The van der Waals surface area contributed by atoms with Crippen LogP contribution in [-0.4, -0.2) is 27.1 Å². The lowest BCUT2D eigenvalue weighted by molar-refractivity contribution is 0.0990. The van der Waals surface area contributed by atoms with Crippen LogP contribution in [0.1, 0.15) is 10.6 Å². The van der Waals surface area contributed by atoms with Crippen LogP contribution in [-0.2, 0) is 0 Å². The maximum absolute atomic E-state index is 10.5. The average Bonchev–Trinajstić information content (AvgIpc) is 2.04. The van der Waals surface area contributed by atoms with E-state index in [9.17, 15) is 9.59 Å². The third kappa shape index (κ3) is 2.40. The minimum Gasteiger partial charge on any atom is -0.465 e. The molecule has 7 heteroatoms. The van der Waals surface area contributed by atoms with Gasteiger partial charge < -0.3 is 10.8 Å². The number of amides is 2. The molecule has 1 aromatic rings. The van der Waals surface area contributed by atoms with Crippen molar-refractivity contribution < 1.29 is 14.7 Å². The molecule has 13 heavy (non-hydrogen) atoms. The molecule has 7 nitrogen and oxygen atoms in total. The molecule has 0 aliphatic heterocycles. The number of hydrogen-bond donors (Lipinski definition) is 3. The first-order valence-electron chi connectivity index (χ1n) is 3.21. The van der Waals surface area contributed by atoms with E-state index in [0.29, 0.717) is 0 Å². The van der Waals surface area contributed by atoms with Crippen molar-refractivity contribution in [1.82, 2.24) is 9.97 Å². The molecule has 2 amide bonds. The topological polar surface area (TPSA) is 118 Å². The monoisotopic (exact) mass is 182 g/mol. The van der Waals surface area contributed by atoms with Crippen LogP contribution in [0.25, 0.3) is 0 Å². The van der Waals surface area contributed by atoms with Gasteiger partial charge in [0, 0.05) is 0 Å². The van der Waals surface area contributed by atoms with Crippen LogP contribution in [0.15, 0.2) is 12.4 Å². The van der Waals surface area contributed by atoms with E-state index in [-0.39, 0.29) is 11.5 Å². The van der Waals surface area contributed by atoms with E-state index in [1.165, 1.54) is 0 Å². The standard InChI is InChI=1S/C6H6N4O3/c7-4(11)5-8-1-3(2-9-5)10-6(12)13/h1-2,10H,(H2,7,11)(H,12,13). The van der Waals surface area contributed by atoms with Crippen molar-refractivity contribution in [1.29, 1.82) is 0 Å². The lowest BCUT2D eigenvalue weighted by Crippen LogP contribution is -2.16. The molecule has 0 saturated carbocycles. The molecule has 0 aliphatic carbocycles. The highest BCUT2D eigenvalue weighted by molar-refractivity contribution is 5.89. The van der Waals surface area contributed by atoms with Gasteiger partial charge in [0.05, 0.1) is 18.1 Å². The number of aromatic nitrogens is 2. The van der Waals surface area contributed by atoms with Crippen molar-refractivity contribution in [3.63, 3.8) is 0 Å². The summed E-state index contributed by atoms with van der Waals surface area (Å²) in [6, 6.07) is 0. The Morgan fingerprint density at radius 1 is 1.38 bits per heavy atom. The molecule has 0 aromatic carbocycles. The molecule has 0 spiro atoms. The van der Waals surface area contributed by atoms with E-state index in [1.54, 1.807) is 0 Å². The predicted octanol–water partition coefficient (Wildman–Crippen LogP) is -0.335. The van der Waals surface area contributed by atoms with Gasteiger partial charge in [-0.25, -0.2) is 14.8 Å². The van der Waals surface area contributed by atoms with Crippen molar-refractivity contribution in [3.8, 4) is 0 Å². The zero-order chi connectivity index (χ0) is 9.84. The Kier molecular flexibility index (Phi) is 2.38. The fourth-order valence-electron chi connectivity index (χ4n) is 0.643. The highest BCUT2D eigenvalue weighted by Crippen LogP contribution is 2.01. The Bertz CT molecular complexity index is 334. The van der Waals surface area contributed by atoms with Crippen LogP contribution in [0.4, 0.5) is 10.5 Å². The van der Waals surface area contributed by atoms with E-state index in [2.05, 4.69) is 9.97 Å². The van der Waals surface area contributed by atoms with Gasteiger partial charge in [0.15, 0.2) is 0 Å². The van der Waals surface area contributed by atoms with Crippen LogP contribution >= 0.6 is 0 Å². The predicted molar refractivity (Wildman–Crippen MR) is 42.2 cm³/mol. The Morgan fingerprint density at radius 2 is 1.92 bits per heavy atom. The zero-order valence-corrected chi connectivity index (χ0v) is 6.39. The number of nitrogens with zero attached hydrogens (tertiary/aromatic N) is 2. The summed E-state index contributed by atoms with van der Waals surface area (Å²) in [6.07, 6.45) is 1.08. The molecule has 4 N–H and O–H groups in total. The fraction of sp³-hybridized carbons (Fsp3) is 0. The van der Waals surface area contributed by atoms with Gasteiger partial charge in [-0.1, -0.05) is 0 Å². The van der Waals surface area contributed by atoms with Gasteiger partial charge in [-0.05, 0) is 0 Å². The summed E-state index contributed by atoms with van der Waals surface area (Å²) in [5, 5.41) is 10.3. The third-order valence-electron chi connectivity index (χ3n) is 1.12. The van der Waals surface area contributed by atoms with Crippen molar-refractivity contribution in [2.45, 2.75) is 0 Å². The van der Waals surface area contributed by atoms with Gasteiger partial charge in [-0.2, -0.15) is 0 Å². The quantitative estimate of drug-likeness (QED) is 0.578. The first kappa shape index (κ1) is 8.91. The number of hydrogen-bond acceptors (Lipinski definition) is 4. The largest absolute Gasteiger partial charge is 0.465 e. The SMILES string of the molecule is NC(=O)c1ncc(NC(=O)O)cn1. The first-order valence-corrected chi connectivity index (χ1v) is 3.21. The van der Waals surface area contributed by atoms with Crippen LogP contribution in [0.3, 0.4) is 0 Å². The number of carbonyl (C=O) groups excluding carboxylic acids is 1. The van der Waals surface area contributed by atoms with E-state index >= 15 is 0 Å². The Morgan fingerprint density at radius 3 is 2.31 bits per heavy atom. The average molecular weight is 182 g/mol. The van der Waals surface area contributed by atoms with Gasteiger partial charge >= 0.3 is 6.09 Å². The normalized spacial score (nSPS) is 9.23. The Hall–Kier alpha value is -2.18. The fourth-order valence-corrected chi connectivity index (χ4v) is 0.643. The van der Waals surface area contributed by atoms with Crippen LogP contribution < -0.4 is 11.1 Å². The van der Waals surface area contributed by atoms with Gasteiger partial charge in [0.2, 0.25) is 5.82 Å². The minimum absolute atomic E-state index is 0.157. The molecule has 0 bridgehead atoms. The highest BCUT2D eigenvalue weighted by atomic mass is 16.4. The maximum atomic E-state index is 10.5. The van der Waals surface area contributed by atoms with Crippen molar-refractivity contribution >= 4 is 17.7 Å². The van der Waals surface area contributed by atoms with Crippen molar-refractivity contribution in [2.24, 2.45) is 5.73 Å². The summed E-state index contributed by atoms with van der Waals surface area (Å²) >= 11 is 0. The lowest BCUT2D eigenvalue weighted by atomic mass is 10.5. The summed E-state index contributed by atoms with van der Waals surface area (Å²) in [6.45, 7) is 0. The van der Waals surface area contributed by atoms with Gasteiger partial charge in [-0.3, -0.25) is 10.1 Å². The second kappa shape index (κ2) is 3.48. The second-order valence-electron chi connectivity index (χ2n) is 2.09. The Labute approximate surface area is 72.6 Å². The number of anilines is 1. The maximum Gasteiger partial charge on any atom is 0.409 e. The molecule has 68 valence electrons. The number of carboxylic acid groups (broad SMARTS) is 1. The van der Waals surface area contributed by atoms with Crippen LogP contribution in [0.5, 0.6) is 0 Å². The van der Waals surface area contributed by atoms with Crippen LogP contribution in [0.2, 0.25) is 0 Å². The van der Waals surface area contributed by atoms with E-state index < -0.39 is 12.0 Å².